The minimum Gasteiger partial charge on any atom is -0.493 e. The van der Waals surface area contributed by atoms with Crippen LogP contribution in [0.15, 0.2) is 47.5 Å². The van der Waals surface area contributed by atoms with E-state index in [4.69, 9.17) is 14.6 Å². The zero-order chi connectivity index (χ0) is 20.5. The minimum atomic E-state index is -3.88. The molecule has 7 nitrogen and oxygen atoms in total. The molecule has 0 unspecified atom stereocenters. The third-order valence-corrected chi connectivity index (χ3v) is 6.74. The average Bonchev–Trinajstić information content (AvgIpc) is 3.03. The summed E-state index contributed by atoms with van der Waals surface area (Å²) < 4.78 is 39.2. The van der Waals surface area contributed by atoms with Crippen molar-refractivity contribution in [3.63, 3.8) is 0 Å². The van der Waals surface area contributed by atoms with E-state index in [9.17, 15) is 13.2 Å². The fourth-order valence-electron chi connectivity index (χ4n) is 2.95. The summed E-state index contributed by atoms with van der Waals surface area (Å²) in [7, 11) is -0.921. The summed E-state index contributed by atoms with van der Waals surface area (Å²) in [5.74, 6) is -0.130. The van der Waals surface area contributed by atoms with Gasteiger partial charge >= 0.3 is 5.97 Å². The van der Waals surface area contributed by atoms with E-state index in [0.29, 0.717) is 28.0 Å². The Morgan fingerprint density at radius 1 is 1.11 bits per heavy atom. The van der Waals surface area contributed by atoms with Crippen LogP contribution in [-0.4, -0.2) is 37.7 Å². The Morgan fingerprint density at radius 3 is 2.29 bits per heavy atom. The highest BCUT2D eigenvalue weighted by molar-refractivity contribution is 14.1. The second kappa shape index (κ2) is 8.00. The number of hydrogen-bond donors (Lipinski definition) is 1. The van der Waals surface area contributed by atoms with Crippen LogP contribution in [0, 0.1) is 3.57 Å². The molecule has 2 aromatic carbocycles. The Morgan fingerprint density at radius 2 is 1.71 bits per heavy atom. The fourth-order valence-corrected chi connectivity index (χ4v) is 4.69. The molecule has 3 rings (SSSR count). The summed E-state index contributed by atoms with van der Waals surface area (Å²) in [4.78, 5) is 11.2. The van der Waals surface area contributed by atoms with Crippen LogP contribution in [0.3, 0.4) is 0 Å². The summed E-state index contributed by atoms with van der Waals surface area (Å²) in [5, 5.41) is 9.63. The molecule has 1 heterocycles. The van der Waals surface area contributed by atoms with Gasteiger partial charge in [0.1, 0.15) is 0 Å². The molecule has 0 bridgehead atoms. The lowest BCUT2D eigenvalue weighted by molar-refractivity contribution is -0.136. The van der Waals surface area contributed by atoms with E-state index in [2.05, 4.69) is 22.6 Å². The van der Waals surface area contributed by atoms with Crippen molar-refractivity contribution in [1.82, 2.24) is 3.97 Å². The molecule has 148 valence electrons. The van der Waals surface area contributed by atoms with Crippen LogP contribution in [0.2, 0.25) is 0 Å². The Hall–Kier alpha value is -2.27. The number of ether oxygens (including phenoxy) is 2. The number of aromatic nitrogens is 1. The van der Waals surface area contributed by atoms with Crippen molar-refractivity contribution in [2.45, 2.75) is 17.7 Å². The van der Waals surface area contributed by atoms with Crippen molar-refractivity contribution in [1.29, 1.82) is 0 Å². The van der Waals surface area contributed by atoms with Gasteiger partial charge < -0.3 is 14.6 Å². The van der Waals surface area contributed by atoms with Gasteiger partial charge in [-0.05, 0) is 64.9 Å². The second-order valence-electron chi connectivity index (χ2n) is 6.03. The lowest BCUT2D eigenvalue weighted by atomic mass is 10.1. The topological polar surface area (TPSA) is 94.8 Å². The number of rotatable bonds is 7. The molecule has 0 saturated heterocycles. The Kier molecular flexibility index (Phi) is 5.84. The molecule has 1 aromatic heterocycles. The van der Waals surface area contributed by atoms with Crippen molar-refractivity contribution < 1.29 is 27.8 Å². The van der Waals surface area contributed by atoms with Crippen molar-refractivity contribution in [3.8, 4) is 11.5 Å². The second-order valence-corrected chi connectivity index (χ2v) is 9.09. The van der Waals surface area contributed by atoms with E-state index in [-0.39, 0.29) is 17.7 Å². The van der Waals surface area contributed by atoms with Crippen molar-refractivity contribution >= 4 is 49.5 Å². The Balaban J connectivity index is 2.26. The van der Waals surface area contributed by atoms with Gasteiger partial charge in [-0.3, -0.25) is 4.79 Å². The van der Waals surface area contributed by atoms with E-state index < -0.39 is 16.0 Å². The van der Waals surface area contributed by atoms with Gasteiger partial charge in [0.25, 0.3) is 10.0 Å². The highest BCUT2D eigenvalue weighted by atomic mass is 127. The summed E-state index contributed by atoms with van der Waals surface area (Å²) in [6, 6.07) is 9.78. The number of carboxylic acid groups (broad SMARTS) is 1. The first-order valence-electron chi connectivity index (χ1n) is 8.27. The lowest BCUT2D eigenvalue weighted by Gasteiger charge is -2.11. The SMILES string of the molecule is COc1cc2c(CCC(=O)O)cn(S(=O)(=O)c3ccc(I)cc3)c2cc1OC. The van der Waals surface area contributed by atoms with Gasteiger partial charge in [0.15, 0.2) is 11.5 Å². The molecule has 0 fully saturated rings. The molecule has 0 amide bonds. The van der Waals surface area contributed by atoms with Crippen LogP contribution in [0.5, 0.6) is 11.5 Å². The zero-order valence-electron chi connectivity index (χ0n) is 15.2. The molecule has 0 aliphatic carbocycles. The van der Waals surface area contributed by atoms with Crippen LogP contribution in [0.4, 0.5) is 0 Å². The van der Waals surface area contributed by atoms with E-state index >= 15 is 0 Å². The van der Waals surface area contributed by atoms with E-state index in [1.165, 1.54) is 24.4 Å². The van der Waals surface area contributed by atoms with Gasteiger partial charge in [0.2, 0.25) is 0 Å². The van der Waals surface area contributed by atoms with Crippen molar-refractivity contribution in [2.75, 3.05) is 14.2 Å². The maximum Gasteiger partial charge on any atom is 0.303 e. The zero-order valence-corrected chi connectivity index (χ0v) is 18.2. The number of nitrogens with zero attached hydrogens (tertiary/aromatic N) is 1. The average molecular weight is 515 g/mol. The van der Waals surface area contributed by atoms with Crippen LogP contribution >= 0.6 is 22.6 Å². The lowest BCUT2D eigenvalue weighted by Crippen LogP contribution is -2.12. The summed E-state index contributed by atoms with van der Waals surface area (Å²) in [6.07, 6.45) is 1.55. The Bertz CT molecular complexity index is 1140. The first kappa shape index (κ1) is 20.5. The summed E-state index contributed by atoms with van der Waals surface area (Å²) in [5.41, 5.74) is 1.00. The number of fused-ring (bicyclic) bond motifs is 1. The molecule has 28 heavy (non-hydrogen) atoms. The standard InChI is InChI=1S/C19H18INO6S/c1-26-17-9-15-12(3-8-19(22)23)11-21(16(15)10-18(17)27-2)28(24,25)14-6-4-13(20)5-7-14/h4-7,9-11H,3,8H2,1-2H3,(H,22,23). The first-order valence-corrected chi connectivity index (χ1v) is 10.8. The monoisotopic (exact) mass is 515 g/mol. The van der Waals surface area contributed by atoms with E-state index in [1.54, 1.807) is 36.4 Å². The molecule has 9 heteroatoms. The minimum absolute atomic E-state index is 0.114. The molecule has 0 radical (unpaired) electrons. The Labute approximate surface area is 176 Å². The van der Waals surface area contributed by atoms with Crippen molar-refractivity contribution in [3.05, 3.63) is 51.7 Å². The number of carboxylic acids is 1. The van der Waals surface area contributed by atoms with Crippen LogP contribution in [0.1, 0.15) is 12.0 Å². The number of aryl methyl sites for hydroxylation is 1. The fraction of sp³-hybridized carbons (Fsp3) is 0.211. The predicted molar refractivity (Wildman–Crippen MR) is 113 cm³/mol. The molecule has 0 spiro atoms. The number of methoxy groups -OCH3 is 2. The van der Waals surface area contributed by atoms with Crippen LogP contribution in [-0.2, 0) is 21.2 Å². The third kappa shape index (κ3) is 3.81. The van der Waals surface area contributed by atoms with Gasteiger partial charge in [-0.15, -0.1) is 0 Å². The van der Waals surface area contributed by atoms with Crippen LogP contribution < -0.4 is 9.47 Å². The van der Waals surface area contributed by atoms with Gasteiger partial charge in [-0.1, -0.05) is 0 Å². The smallest absolute Gasteiger partial charge is 0.303 e. The maximum atomic E-state index is 13.2. The summed E-state index contributed by atoms with van der Waals surface area (Å²) in [6.45, 7) is 0. The molecule has 0 saturated carbocycles. The van der Waals surface area contributed by atoms with Crippen LogP contribution in [0.25, 0.3) is 10.9 Å². The van der Waals surface area contributed by atoms with E-state index in [0.717, 1.165) is 3.57 Å². The number of aliphatic carboxylic acids is 1. The van der Waals surface area contributed by atoms with Gasteiger partial charge in [-0.25, -0.2) is 12.4 Å². The molecular weight excluding hydrogens is 497 g/mol. The first-order chi connectivity index (χ1) is 13.3. The maximum absolute atomic E-state index is 13.2. The van der Waals surface area contributed by atoms with Crippen molar-refractivity contribution in [2.24, 2.45) is 0 Å². The molecule has 0 aliphatic rings. The highest BCUT2D eigenvalue weighted by Gasteiger charge is 2.23. The van der Waals surface area contributed by atoms with Gasteiger partial charge in [0.05, 0.1) is 24.6 Å². The normalized spacial score (nSPS) is 11.5. The molecule has 3 aromatic rings. The van der Waals surface area contributed by atoms with Gasteiger partial charge in [-0.2, -0.15) is 0 Å². The van der Waals surface area contributed by atoms with Gasteiger partial charge in [0, 0.05) is 27.6 Å². The quantitative estimate of drug-likeness (QED) is 0.484. The number of carbonyl (C=O) groups is 1. The highest BCUT2D eigenvalue weighted by Crippen LogP contribution is 2.36. The number of halogens is 1. The third-order valence-electron chi connectivity index (χ3n) is 4.34. The summed E-state index contributed by atoms with van der Waals surface area (Å²) >= 11 is 2.10. The molecule has 0 atom stereocenters. The largest absolute Gasteiger partial charge is 0.493 e. The molecule has 0 aliphatic heterocycles. The molecular formula is C19H18INO6S. The predicted octanol–water partition coefficient (Wildman–Crippen LogP) is 3.52. The van der Waals surface area contributed by atoms with E-state index in [1.807, 2.05) is 0 Å². The molecule has 1 N–H and O–H groups in total. The number of hydrogen-bond acceptors (Lipinski definition) is 5. The number of benzene rings is 2.